The van der Waals surface area contributed by atoms with Gasteiger partial charge in [0.25, 0.3) is 11.8 Å². The van der Waals surface area contributed by atoms with Gasteiger partial charge in [-0.05, 0) is 49.8 Å². The summed E-state index contributed by atoms with van der Waals surface area (Å²) in [5.41, 5.74) is 4.01. The second-order valence-electron chi connectivity index (χ2n) is 9.26. The van der Waals surface area contributed by atoms with Crippen LogP contribution in [0.3, 0.4) is 0 Å². The predicted molar refractivity (Wildman–Crippen MR) is 131 cm³/mol. The fourth-order valence-electron chi connectivity index (χ4n) is 5.16. The number of carbonyl (C=O) groups is 2. The average Bonchev–Trinajstić information content (AvgIpc) is 3.17. The van der Waals surface area contributed by atoms with Crippen molar-refractivity contribution in [3.05, 3.63) is 76.7 Å². The van der Waals surface area contributed by atoms with E-state index < -0.39 is 0 Å². The minimum Gasteiger partial charge on any atom is -0.350 e. The van der Waals surface area contributed by atoms with Gasteiger partial charge < -0.3 is 10.2 Å². The summed E-state index contributed by atoms with van der Waals surface area (Å²) in [7, 11) is 0. The molecule has 1 N–H and O–H groups in total. The van der Waals surface area contributed by atoms with Crippen LogP contribution < -0.4 is 5.32 Å². The Morgan fingerprint density at radius 1 is 1.18 bits per heavy atom. The summed E-state index contributed by atoms with van der Waals surface area (Å²) in [6, 6.07) is 13.8. The number of aryl methyl sites for hydroxylation is 2. The Hall–Kier alpha value is -3.52. The molecule has 3 atom stereocenters. The molecular formula is C26H25N5O2S. The van der Waals surface area contributed by atoms with Gasteiger partial charge in [-0.3, -0.25) is 9.59 Å². The summed E-state index contributed by atoms with van der Waals surface area (Å²) >= 11 is 1.56. The van der Waals surface area contributed by atoms with Crippen molar-refractivity contribution in [3.63, 3.8) is 0 Å². The summed E-state index contributed by atoms with van der Waals surface area (Å²) in [5, 5.41) is 8.20. The largest absolute Gasteiger partial charge is 0.350 e. The van der Waals surface area contributed by atoms with Crippen LogP contribution in [0, 0.1) is 25.7 Å². The zero-order chi connectivity index (χ0) is 23.4. The number of rotatable bonds is 5. The number of hydrogen-bond donors (Lipinski definition) is 1. The van der Waals surface area contributed by atoms with Gasteiger partial charge in [0.05, 0.1) is 33.2 Å². The number of piperidine rings is 1. The summed E-state index contributed by atoms with van der Waals surface area (Å²) in [6.07, 6.45) is 4.52. The number of aromatic nitrogens is 3. The molecule has 3 unspecified atom stereocenters. The number of carbonyl (C=O) groups excluding carboxylic acids is 2. The third-order valence-corrected chi connectivity index (χ3v) is 7.94. The Balaban J connectivity index is 1.23. The first-order chi connectivity index (χ1) is 16.5. The van der Waals surface area contributed by atoms with Crippen molar-refractivity contribution in [2.75, 3.05) is 13.1 Å². The number of thiazole rings is 1. The Morgan fingerprint density at radius 3 is 2.91 bits per heavy atom. The van der Waals surface area contributed by atoms with Crippen molar-refractivity contribution in [1.82, 2.24) is 24.8 Å². The molecule has 0 radical (unpaired) electrons. The van der Waals surface area contributed by atoms with E-state index >= 15 is 0 Å². The second-order valence-corrected chi connectivity index (χ2v) is 10.5. The molecule has 1 aliphatic heterocycles. The molecular weight excluding hydrogens is 446 g/mol. The number of benzene rings is 1. The molecule has 172 valence electrons. The quantitative estimate of drug-likeness (QED) is 0.478. The minimum atomic E-state index is -0.164. The zero-order valence-corrected chi connectivity index (χ0v) is 19.9. The van der Waals surface area contributed by atoms with E-state index in [1.54, 1.807) is 22.0 Å². The smallest absolute Gasteiger partial charge is 0.274 e. The molecule has 4 heterocycles. The molecule has 8 heteroatoms. The molecule has 0 bridgehead atoms. The van der Waals surface area contributed by atoms with E-state index in [0.29, 0.717) is 29.6 Å². The number of amides is 2. The molecule has 2 aliphatic rings. The summed E-state index contributed by atoms with van der Waals surface area (Å²) in [4.78, 5) is 34.1. The maximum Gasteiger partial charge on any atom is 0.274 e. The number of nitrogens with one attached hydrogen (secondary N) is 1. The number of likely N-dealkylation sites (tertiary alicyclic amines) is 1. The molecule has 1 aliphatic carbocycles. The lowest BCUT2D eigenvalue weighted by molar-refractivity contribution is 0.0690. The van der Waals surface area contributed by atoms with E-state index in [1.165, 1.54) is 0 Å². The van der Waals surface area contributed by atoms with Crippen molar-refractivity contribution < 1.29 is 9.59 Å². The third kappa shape index (κ3) is 3.58. The molecule has 2 fully saturated rings. The number of pyridine rings is 1. The monoisotopic (exact) mass is 471 g/mol. The maximum atomic E-state index is 13.7. The lowest BCUT2D eigenvalue weighted by Gasteiger charge is -2.27. The van der Waals surface area contributed by atoms with E-state index in [0.717, 1.165) is 39.5 Å². The van der Waals surface area contributed by atoms with Crippen LogP contribution in [0.15, 0.2) is 54.9 Å². The molecule has 2 amide bonds. The van der Waals surface area contributed by atoms with Crippen molar-refractivity contribution in [3.8, 4) is 10.4 Å². The second kappa shape index (κ2) is 8.06. The molecule has 0 spiro atoms. The van der Waals surface area contributed by atoms with Crippen LogP contribution in [0.5, 0.6) is 0 Å². The molecule has 1 saturated heterocycles. The maximum absolute atomic E-state index is 13.7. The van der Waals surface area contributed by atoms with Gasteiger partial charge in [-0.1, -0.05) is 35.9 Å². The predicted octanol–water partition coefficient (Wildman–Crippen LogP) is 3.97. The lowest BCUT2D eigenvalue weighted by Crippen LogP contribution is -2.45. The minimum absolute atomic E-state index is 0.0179. The number of fused-ring (bicyclic) bond motifs is 2. The van der Waals surface area contributed by atoms with Gasteiger partial charge in [0.15, 0.2) is 0 Å². The number of nitrogens with zero attached hydrogens (tertiary/aromatic N) is 4. The van der Waals surface area contributed by atoms with Gasteiger partial charge in [0, 0.05) is 19.3 Å². The van der Waals surface area contributed by atoms with Crippen molar-refractivity contribution >= 4 is 28.7 Å². The van der Waals surface area contributed by atoms with Crippen LogP contribution in [0.2, 0.25) is 0 Å². The molecule has 7 nitrogen and oxygen atoms in total. The fraction of sp³-hybridized carbons (Fsp3) is 0.308. The van der Waals surface area contributed by atoms with Crippen LogP contribution in [-0.2, 0) is 0 Å². The van der Waals surface area contributed by atoms with Crippen LogP contribution in [0.1, 0.15) is 37.8 Å². The van der Waals surface area contributed by atoms with Gasteiger partial charge in [-0.2, -0.15) is 5.10 Å². The summed E-state index contributed by atoms with van der Waals surface area (Å²) < 4.78 is 1.69. The van der Waals surface area contributed by atoms with Crippen LogP contribution in [0.4, 0.5) is 0 Å². The Morgan fingerprint density at radius 2 is 2.06 bits per heavy atom. The molecule has 1 saturated carbocycles. The Labute approximate surface area is 201 Å². The van der Waals surface area contributed by atoms with Crippen molar-refractivity contribution in [2.45, 2.75) is 26.3 Å². The highest BCUT2D eigenvalue weighted by atomic mass is 32.1. The average molecular weight is 472 g/mol. The van der Waals surface area contributed by atoms with E-state index in [9.17, 15) is 9.59 Å². The van der Waals surface area contributed by atoms with E-state index in [-0.39, 0.29) is 17.9 Å². The highest BCUT2D eigenvalue weighted by Gasteiger charge is 2.54. The number of hydrogen-bond acceptors (Lipinski definition) is 5. The Kier molecular flexibility index (Phi) is 4.99. The Bertz CT molecular complexity index is 1420. The topological polar surface area (TPSA) is 79.6 Å². The van der Waals surface area contributed by atoms with Crippen LogP contribution in [-0.4, -0.2) is 50.4 Å². The van der Waals surface area contributed by atoms with Gasteiger partial charge in [0.2, 0.25) is 0 Å². The van der Waals surface area contributed by atoms with Crippen LogP contribution in [0.25, 0.3) is 16.0 Å². The normalized spacial score (nSPS) is 21.0. The molecule has 3 aromatic heterocycles. The molecule has 34 heavy (non-hydrogen) atoms. The van der Waals surface area contributed by atoms with Crippen molar-refractivity contribution in [1.29, 1.82) is 0 Å². The standard InChI is InChI=1S/C26H25N5O2S/c1-15-6-5-7-17(10-15)24-23(29-16(2)34-24)26(33)30-14-18-11-19(18)22(30)13-27-25(32)20-12-28-31-9-4-3-8-21(20)31/h3-10,12,18-19,22H,11,13-14H2,1-2H3,(H,27,32). The van der Waals surface area contributed by atoms with Crippen molar-refractivity contribution in [2.24, 2.45) is 11.8 Å². The highest BCUT2D eigenvalue weighted by molar-refractivity contribution is 7.15. The molecule has 6 rings (SSSR count). The summed E-state index contributed by atoms with van der Waals surface area (Å²) in [6.45, 7) is 5.15. The zero-order valence-electron chi connectivity index (χ0n) is 19.1. The van der Waals surface area contributed by atoms with Gasteiger partial charge in [-0.15, -0.1) is 11.3 Å². The van der Waals surface area contributed by atoms with Crippen LogP contribution >= 0.6 is 11.3 Å². The first kappa shape index (κ1) is 21.0. The summed E-state index contributed by atoms with van der Waals surface area (Å²) in [5.74, 6) is 0.756. The fourth-order valence-corrected chi connectivity index (χ4v) is 6.07. The van der Waals surface area contributed by atoms with Gasteiger partial charge in [-0.25, -0.2) is 9.50 Å². The van der Waals surface area contributed by atoms with Gasteiger partial charge >= 0.3 is 0 Å². The molecule has 4 aromatic rings. The van der Waals surface area contributed by atoms with Gasteiger partial charge in [0.1, 0.15) is 5.69 Å². The van der Waals surface area contributed by atoms with E-state index in [2.05, 4.69) is 34.5 Å². The first-order valence-corrected chi connectivity index (χ1v) is 12.4. The first-order valence-electron chi connectivity index (χ1n) is 11.6. The van der Waals surface area contributed by atoms with E-state index in [4.69, 9.17) is 0 Å². The third-order valence-electron chi connectivity index (χ3n) is 6.92. The van der Waals surface area contributed by atoms with E-state index in [1.807, 2.05) is 48.4 Å². The SMILES string of the molecule is Cc1cccc(-c2sc(C)nc2C(=O)N2CC3CC3C2CNC(=O)c2cnn3ccccc23)c1. The highest BCUT2D eigenvalue weighted by Crippen LogP contribution is 2.50. The lowest BCUT2D eigenvalue weighted by atomic mass is 10.1. The molecule has 1 aromatic carbocycles.